The molecule has 120 valence electrons. The maximum absolute atomic E-state index is 11.3. The molecule has 5 N–H and O–H groups in total. The molecule has 23 heavy (non-hydrogen) atoms. The Morgan fingerprint density at radius 2 is 1.65 bits per heavy atom. The number of ether oxygens (including phenoxy) is 2. The summed E-state index contributed by atoms with van der Waals surface area (Å²) in [6.07, 6.45) is 0.00698. The lowest BCUT2D eigenvalue weighted by Crippen LogP contribution is -2.17. The molecule has 0 aliphatic carbocycles. The minimum Gasteiger partial charge on any atom is -0.493 e. The van der Waals surface area contributed by atoms with E-state index < -0.39 is 5.91 Å². The third kappa shape index (κ3) is 3.60. The van der Waals surface area contributed by atoms with Crippen molar-refractivity contribution in [3.8, 4) is 11.5 Å². The van der Waals surface area contributed by atoms with Crippen molar-refractivity contribution >= 4 is 17.3 Å². The van der Waals surface area contributed by atoms with Crippen LogP contribution in [0.25, 0.3) is 0 Å². The van der Waals surface area contributed by atoms with Gasteiger partial charge in [-0.3, -0.25) is 10.2 Å². The minimum atomic E-state index is -0.483. The maximum Gasteiger partial charge on any atom is 0.221 e. The van der Waals surface area contributed by atoms with Crippen LogP contribution in [0.15, 0.2) is 36.4 Å². The first-order valence-electron chi connectivity index (χ1n) is 6.94. The van der Waals surface area contributed by atoms with Gasteiger partial charge in [0.05, 0.1) is 26.4 Å². The summed E-state index contributed by atoms with van der Waals surface area (Å²) in [6, 6.07) is 10.3. The molecule has 6 nitrogen and oxygen atoms in total. The Morgan fingerprint density at radius 1 is 1.09 bits per heavy atom. The van der Waals surface area contributed by atoms with Crippen molar-refractivity contribution in [2.75, 3.05) is 20.0 Å². The number of carbonyl (C=O) groups is 1. The van der Waals surface area contributed by atoms with Crippen LogP contribution in [0.3, 0.4) is 0 Å². The lowest BCUT2D eigenvalue weighted by atomic mass is 9.95. The Bertz CT molecular complexity index is 739. The molecule has 0 unspecified atom stereocenters. The van der Waals surface area contributed by atoms with Gasteiger partial charge in [-0.15, -0.1) is 0 Å². The van der Waals surface area contributed by atoms with Gasteiger partial charge in [-0.2, -0.15) is 0 Å². The molecule has 2 aromatic rings. The Morgan fingerprint density at radius 3 is 2.17 bits per heavy atom. The van der Waals surface area contributed by atoms with Crippen LogP contribution in [0.2, 0.25) is 0 Å². The van der Waals surface area contributed by atoms with Crippen LogP contribution in [0.4, 0.5) is 5.69 Å². The number of hydrogen-bond donors (Lipinski definition) is 3. The molecular formula is C17H19N3O3. The van der Waals surface area contributed by atoms with Gasteiger partial charge in [0, 0.05) is 16.8 Å². The Hall–Kier alpha value is -3.02. The zero-order valence-electron chi connectivity index (χ0n) is 13.1. The first-order chi connectivity index (χ1) is 11.0. The third-order valence-corrected chi connectivity index (χ3v) is 3.44. The average Bonchev–Trinajstić information content (AvgIpc) is 2.54. The Labute approximate surface area is 134 Å². The second-order valence-electron chi connectivity index (χ2n) is 5.00. The van der Waals surface area contributed by atoms with Crippen LogP contribution in [0, 0.1) is 5.41 Å². The maximum atomic E-state index is 11.3. The van der Waals surface area contributed by atoms with E-state index >= 15 is 0 Å². The quantitative estimate of drug-likeness (QED) is 0.557. The standard InChI is InChI=1S/C17H19N3O3/c1-22-14-7-11(8-16(19)21)13(9-15(14)23-2)17(20)10-3-5-12(18)6-4-10/h3-7,9,20H,8,18H2,1-2H3,(H2,19,21). The largest absolute Gasteiger partial charge is 0.493 e. The molecule has 0 aliphatic rings. The van der Waals surface area contributed by atoms with E-state index in [1.165, 1.54) is 14.2 Å². The van der Waals surface area contributed by atoms with Crippen LogP contribution >= 0.6 is 0 Å². The highest BCUT2D eigenvalue weighted by molar-refractivity contribution is 6.12. The van der Waals surface area contributed by atoms with Gasteiger partial charge in [-0.1, -0.05) is 12.1 Å². The monoisotopic (exact) mass is 313 g/mol. The van der Waals surface area contributed by atoms with Crippen LogP contribution < -0.4 is 20.9 Å². The predicted octanol–water partition coefficient (Wildman–Crippen LogP) is 1.73. The highest BCUT2D eigenvalue weighted by Crippen LogP contribution is 2.32. The molecule has 0 aliphatic heterocycles. The zero-order chi connectivity index (χ0) is 17.0. The van der Waals surface area contributed by atoms with E-state index in [9.17, 15) is 4.79 Å². The van der Waals surface area contributed by atoms with Crippen LogP contribution in [-0.2, 0) is 11.2 Å². The van der Waals surface area contributed by atoms with Crippen molar-refractivity contribution in [1.29, 1.82) is 5.41 Å². The number of primary amides is 1. The number of nitrogens with one attached hydrogen (secondary N) is 1. The summed E-state index contributed by atoms with van der Waals surface area (Å²) in [5, 5.41) is 8.44. The van der Waals surface area contributed by atoms with Crippen molar-refractivity contribution < 1.29 is 14.3 Å². The van der Waals surface area contributed by atoms with Crippen molar-refractivity contribution in [2.24, 2.45) is 5.73 Å². The molecule has 1 amide bonds. The number of rotatable bonds is 6. The van der Waals surface area contributed by atoms with E-state index in [2.05, 4.69) is 0 Å². The summed E-state index contributed by atoms with van der Waals surface area (Å²) in [6.45, 7) is 0. The van der Waals surface area contributed by atoms with Crippen LogP contribution in [0.5, 0.6) is 11.5 Å². The molecule has 0 saturated carbocycles. The lowest BCUT2D eigenvalue weighted by molar-refractivity contribution is -0.117. The van der Waals surface area contributed by atoms with Crippen molar-refractivity contribution in [3.05, 3.63) is 53.1 Å². The fourth-order valence-corrected chi connectivity index (χ4v) is 2.29. The molecule has 0 heterocycles. The summed E-state index contributed by atoms with van der Waals surface area (Å²) >= 11 is 0. The molecule has 0 fully saturated rings. The van der Waals surface area contributed by atoms with Gasteiger partial charge in [0.25, 0.3) is 0 Å². The third-order valence-electron chi connectivity index (χ3n) is 3.44. The normalized spacial score (nSPS) is 10.2. The molecule has 0 atom stereocenters. The minimum absolute atomic E-state index is 0.00698. The van der Waals surface area contributed by atoms with Crippen LogP contribution in [-0.4, -0.2) is 25.8 Å². The van der Waals surface area contributed by atoms with Gasteiger partial charge in [0.1, 0.15) is 0 Å². The SMILES string of the molecule is COc1cc(CC(N)=O)c(C(=N)c2ccc(N)cc2)cc1OC. The van der Waals surface area contributed by atoms with Gasteiger partial charge < -0.3 is 20.9 Å². The van der Waals surface area contributed by atoms with Crippen LogP contribution in [0.1, 0.15) is 16.7 Å². The number of nitrogens with two attached hydrogens (primary N) is 2. The van der Waals surface area contributed by atoms with Gasteiger partial charge in [-0.05, 0) is 29.8 Å². The first-order valence-corrected chi connectivity index (χ1v) is 6.94. The number of benzene rings is 2. The molecule has 2 aromatic carbocycles. The Balaban J connectivity index is 2.55. The molecule has 6 heteroatoms. The van der Waals surface area contributed by atoms with E-state index in [4.69, 9.17) is 26.4 Å². The number of methoxy groups -OCH3 is 2. The van der Waals surface area contributed by atoms with Crippen molar-refractivity contribution in [2.45, 2.75) is 6.42 Å². The Kier molecular flexibility index (Phi) is 4.85. The summed E-state index contributed by atoms with van der Waals surface area (Å²) < 4.78 is 10.5. The number of carbonyl (C=O) groups excluding carboxylic acids is 1. The van der Waals surface area contributed by atoms with Gasteiger partial charge >= 0.3 is 0 Å². The highest BCUT2D eigenvalue weighted by Gasteiger charge is 2.17. The molecule has 2 rings (SSSR count). The molecule has 0 radical (unpaired) electrons. The molecule has 0 aromatic heterocycles. The number of anilines is 1. The van der Waals surface area contributed by atoms with E-state index in [0.29, 0.717) is 33.9 Å². The molecule has 0 spiro atoms. The molecular weight excluding hydrogens is 294 g/mol. The smallest absolute Gasteiger partial charge is 0.221 e. The first kappa shape index (κ1) is 16.4. The number of hydrogen-bond acceptors (Lipinski definition) is 5. The molecule has 0 saturated heterocycles. The fraction of sp³-hybridized carbons (Fsp3) is 0.176. The second kappa shape index (κ2) is 6.83. The second-order valence-corrected chi connectivity index (χ2v) is 5.00. The summed E-state index contributed by atoms with van der Waals surface area (Å²) in [5.41, 5.74) is 13.7. The van der Waals surface area contributed by atoms with Gasteiger partial charge in [-0.25, -0.2) is 0 Å². The van der Waals surface area contributed by atoms with Gasteiger partial charge in [0.15, 0.2) is 11.5 Å². The summed E-state index contributed by atoms with van der Waals surface area (Å²) in [4.78, 5) is 11.3. The van der Waals surface area contributed by atoms with Crippen molar-refractivity contribution in [1.82, 2.24) is 0 Å². The van der Waals surface area contributed by atoms with E-state index in [-0.39, 0.29) is 12.1 Å². The average molecular weight is 313 g/mol. The zero-order valence-corrected chi connectivity index (χ0v) is 13.1. The van der Waals surface area contributed by atoms with E-state index in [1.54, 1.807) is 36.4 Å². The number of nitrogen functional groups attached to an aromatic ring is 1. The topological polar surface area (TPSA) is 111 Å². The predicted molar refractivity (Wildman–Crippen MR) is 89.2 cm³/mol. The summed E-state index contributed by atoms with van der Waals surface area (Å²) in [5.74, 6) is 0.483. The number of amides is 1. The summed E-state index contributed by atoms with van der Waals surface area (Å²) in [7, 11) is 3.03. The highest BCUT2D eigenvalue weighted by atomic mass is 16.5. The fourth-order valence-electron chi connectivity index (χ4n) is 2.29. The van der Waals surface area contributed by atoms with Crippen molar-refractivity contribution in [3.63, 3.8) is 0 Å². The van der Waals surface area contributed by atoms with Gasteiger partial charge in [0.2, 0.25) is 5.91 Å². The van der Waals surface area contributed by atoms with E-state index in [0.717, 1.165) is 0 Å². The lowest BCUT2D eigenvalue weighted by Gasteiger charge is -2.15. The van der Waals surface area contributed by atoms with E-state index in [1.807, 2.05) is 0 Å². The molecule has 0 bridgehead atoms.